The smallest absolute Gasteiger partial charge is 0.243 e. The Hall–Kier alpha value is -2.69. The molecule has 2 aliphatic heterocycles. The summed E-state index contributed by atoms with van der Waals surface area (Å²) in [5.41, 5.74) is 0.484. The highest BCUT2D eigenvalue weighted by molar-refractivity contribution is 7.89. The van der Waals surface area contributed by atoms with Crippen LogP contribution in [0.2, 0.25) is 0 Å². The summed E-state index contributed by atoms with van der Waals surface area (Å²) in [6.07, 6.45) is 1.68. The fraction of sp³-hybridized carbons (Fsp3) is 0.400. The highest BCUT2D eigenvalue weighted by Gasteiger charge is 2.34. The van der Waals surface area contributed by atoms with Crippen LogP contribution in [0.1, 0.15) is 12.2 Å². The van der Waals surface area contributed by atoms with E-state index in [1.807, 2.05) is 0 Å². The Morgan fingerprint density at radius 1 is 1.13 bits per heavy atom. The van der Waals surface area contributed by atoms with E-state index in [9.17, 15) is 18.0 Å². The lowest BCUT2D eigenvalue weighted by atomic mass is 10.1. The van der Waals surface area contributed by atoms with Gasteiger partial charge in [-0.1, -0.05) is 0 Å². The van der Waals surface area contributed by atoms with Crippen LogP contribution in [0.25, 0.3) is 0 Å². The van der Waals surface area contributed by atoms with Crippen LogP contribution >= 0.6 is 0 Å². The summed E-state index contributed by atoms with van der Waals surface area (Å²) >= 11 is 0. The number of morpholine rings is 1. The highest BCUT2D eigenvalue weighted by Crippen LogP contribution is 2.23. The summed E-state index contributed by atoms with van der Waals surface area (Å²) in [6.45, 7) is 2.06. The molecule has 1 N–H and O–H groups in total. The normalized spacial score (nSPS) is 20.5. The number of furan rings is 1. The van der Waals surface area contributed by atoms with Gasteiger partial charge in [0.15, 0.2) is 0 Å². The van der Waals surface area contributed by atoms with Gasteiger partial charge in [-0.2, -0.15) is 4.31 Å². The number of hydrogen-bond donors (Lipinski definition) is 1. The van der Waals surface area contributed by atoms with Crippen molar-refractivity contribution in [2.24, 2.45) is 5.92 Å². The largest absolute Gasteiger partial charge is 0.467 e. The molecule has 0 bridgehead atoms. The molecule has 0 aliphatic carbocycles. The van der Waals surface area contributed by atoms with E-state index < -0.39 is 15.9 Å². The number of sulfonamides is 1. The van der Waals surface area contributed by atoms with E-state index in [4.69, 9.17) is 9.15 Å². The van der Waals surface area contributed by atoms with Crippen molar-refractivity contribution in [2.45, 2.75) is 17.9 Å². The van der Waals surface area contributed by atoms with Gasteiger partial charge in [0.05, 0.1) is 36.8 Å². The number of ether oxygens (including phenoxy) is 1. The van der Waals surface area contributed by atoms with Crippen molar-refractivity contribution in [3.63, 3.8) is 0 Å². The Bertz CT molecular complexity index is 998. The molecule has 1 aromatic carbocycles. The third-order valence-corrected chi connectivity index (χ3v) is 7.15. The van der Waals surface area contributed by atoms with E-state index in [0.29, 0.717) is 50.8 Å². The maximum atomic E-state index is 12.7. The molecule has 4 rings (SSSR count). The quantitative estimate of drug-likeness (QED) is 0.735. The van der Waals surface area contributed by atoms with Gasteiger partial charge in [0.25, 0.3) is 0 Å². The van der Waals surface area contributed by atoms with Crippen molar-refractivity contribution < 1.29 is 27.2 Å². The van der Waals surface area contributed by atoms with E-state index >= 15 is 0 Å². The van der Waals surface area contributed by atoms with Crippen molar-refractivity contribution in [1.29, 1.82) is 0 Å². The summed E-state index contributed by atoms with van der Waals surface area (Å²) in [7, 11) is -3.58. The first-order valence-electron chi connectivity index (χ1n) is 9.72. The SMILES string of the molecule is O=C(Nc1ccc(S(=O)(=O)N2CCOCC2)cc1)[C@@H]1CC(=O)N(Cc2ccco2)C1. The molecule has 0 spiro atoms. The van der Waals surface area contributed by atoms with Gasteiger partial charge in [0.1, 0.15) is 5.76 Å². The number of rotatable bonds is 6. The second kappa shape index (κ2) is 8.58. The molecular formula is C20H23N3O6S. The molecule has 1 aromatic heterocycles. The minimum atomic E-state index is -3.58. The van der Waals surface area contributed by atoms with Gasteiger partial charge in [-0.3, -0.25) is 9.59 Å². The van der Waals surface area contributed by atoms with E-state index in [1.54, 1.807) is 35.4 Å². The summed E-state index contributed by atoms with van der Waals surface area (Å²) < 4.78 is 37.2. The summed E-state index contributed by atoms with van der Waals surface area (Å²) in [5.74, 6) is -0.168. The van der Waals surface area contributed by atoms with Gasteiger partial charge < -0.3 is 19.4 Å². The van der Waals surface area contributed by atoms with Crippen LogP contribution in [-0.4, -0.2) is 62.3 Å². The lowest BCUT2D eigenvalue weighted by Crippen LogP contribution is -2.40. The lowest BCUT2D eigenvalue weighted by molar-refractivity contribution is -0.128. The number of hydrogen-bond acceptors (Lipinski definition) is 6. The summed E-state index contributed by atoms with van der Waals surface area (Å²) in [5, 5.41) is 2.77. The van der Waals surface area contributed by atoms with Gasteiger partial charge in [0.2, 0.25) is 21.8 Å². The van der Waals surface area contributed by atoms with Crippen molar-refractivity contribution in [3.8, 4) is 0 Å². The van der Waals surface area contributed by atoms with Gasteiger partial charge in [-0.15, -0.1) is 0 Å². The molecule has 0 unspecified atom stereocenters. The topological polar surface area (TPSA) is 109 Å². The molecule has 3 heterocycles. The van der Waals surface area contributed by atoms with Crippen molar-refractivity contribution in [3.05, 3.63) is 48.4 Å². The first kappa shape index (κ1) is 20.6. The molecule has 10 heteroatoms. The number of carbonyl (C=O) groups excluding carboxylic acids is 2. The molecule has 0 radical (unpaired) electrons. The second-order valence-corrected chi connectivity index (χ2v) is 9.22. The number of nitrogens with one attached hydrogen (secondary N) is 1. The number of benzene rings is 1. The predicted molar refractivity (Wildman–Crippen MR) is 107 cm³/mol. The van der Waals surface area contributed by atoms with Crippen LogP contribution in [-0.2, 0) is 30.9 Å². The number of nitrogens with zero attached hydrogens (tertiary/aromatic N) is 2. The molecule has 9 nitrogen and oxygen atoms in total. The van der Waals surface area contributed by atoms with Crippen LogP contribution in [0.3, 0.4) is 0 Å². The molecule has 160 valence electrons. The number of likely N-dealkylation sites (tertiary alicyclic amines) is 1. The summed E-state index contributed by atoms with van der Waals surface area (Å²) in [4.78, 5) is 26.5. The van der Waals surface area contributed by atoms with Gasteiger partial charge >= 0.3 is 0 Å². The highest BCUT2D eigenvalue weighted by atomic mass is 32.2. The Balaban J connectivity index is 1.36. The molecule has 2 fully saturated rings. The minimum absolute atomic E-state index is 0.0986. The predicted octanol–water partition coefficient (Wildman–Crippen LogP) is 1.29. The van der Waals surface area contributed by atoms with E-state index in [1.165, 1.54) is 16.4 Å². The van der Waals surface area contributed by atoms with Crippen LogP contribution in [0, 0.1) is 5.92 Å². The first-order chi connectivity index (χ1) is 14.4. The Labute approximate surface area is 174 Å². The molecule has 2 aliphatic rings. The summed E-state index contributed by atoms with van der Waals surface area (Å²) in [6, 6.07) is 9.61. The van der Waals surface area contributed by atoms with Crippen molar-refractivity contribution in [2.75, 3.05) is 38.2 Å². The monoisotopic (exact) mass is 433 g/mol. The zero-order valence-electron chi connectivity index (χ0n) is 16.3. The number of amides is 2. The zero-order valence-corrected chi connectivity index (χ0v) is 17.1. The molecular weight excluding hydrogens is 410 g/mol. The van der Waals surface area contributed by atoms with Gasteiger partial charge in [0, 0.05) is 31.7 Å². The average Bonchev–Trinajstić information content (AvgIpc) is 3.39. The minimum Gasteiger partial charge on any atom is -0.467 e. The van der Waals surface area contributed by atoms with Gasteiger partial charge in [-0.25, -0.2) is 8.42 Å². The van der Waals surface area contributed by atoms with Crippen LogP contribution < -0.4 is 5.32 Å². The van der Waals surface area contributed by atoms with Crippen molar-refractivity contribution in [1.82, 2.24) is 9.21 Å². The average molecular weight is 433 g/mol. The molecule has 2 aromatic rings. The van der Waals surface area contributed by atoms with Crippen LogP contribution in [0.5, 0.6) is 0 Å². The van der Waals surface area contributed by atoms with E-state index in [-0.39, 0.29) is 23.1 Å². The van der Waals surface area contributed by atoms with E-state index in [0.717, 1.165) is 0 Å². The first-order valence-corrected chi connectivity index (χ1v) is 11.2. The molecule has 2 saturated heterocycles. The third kappa shape index (κ3) is 4.40. The maximum absolute atomic E-state index is 12.7. The molecule has 1 atom stereocenters. The molecule has 0 saturated carbocycles. The molecule has 30 heavy (non-hydrogen) atoms. The maximum Gasteiger partial charge on any atom is 0.243 e. The third-order valence-electron chi connectivity index (χ3n) is 5.24. The lowest BCUT2D eigenvalue weighted by Gasteiger charge is -2.26. The van der Waals surface area contributed by atoms with Crippen molar-refractivity contribution >= 4 is 27.5 Å². The second-order valence-electron chi connectivity index (χ2n) is 7.28. The Morgan fingerprint density at radius 3 is 2.53 bits per heavy atom. The Morgan fingerprint density at radius 2 is 1.87 bits per heavy atom. The standard InChI is InChI=1S/C20H23N3O6S/c24-19-12-15(13-22(19)14-17-2-1-9-29-17)20(25)21-16-3-5-18(6-4-16)30(26,27)23-7-10-28-11-8-23/h1-6,9,15H,7-8,10-14H2,(H,21,25)/t15-/m1/s1. The fourth-order valence-electron chi connectivity index (χ4n) is 3.58. The fourth-order valence-corrected chi connectivity index (χ4v) is 4.99. The van der Waals surface area contributed by atoms with Crippen LogP contribution in [0.15, 0.2) is 52.0 Å². The van der Waals surface area contributed by atoms with Crippen LogP contribution in [0.4, 0.5) is 5.69 Å². The zero-order chi connectivity index (χ0) is 21.1. The van der Waals surface area contributed by atoms with Gasteiger partial charge in [-0.05, 0) is 36.4 Å². The number of carbonyl (C=O) groups is 2. The molecule has 2 amide bonds. The number of anilines is 1. The Kier molecular flexibility index (Phi) is 5.89. The van der Waals surface area contributed by atoms with E-state index in [2.05, 4.69) is 5.32 Å².